The van der Waals surface area contributed by atoms with Gasteiger partial charge < -0.3 is 9.32 Å². The van der Waals surface area contributed by atoms with E-state index < -0.39 is 0 Å². The van der Waals surface area contributed by atoms with Crippen LogP contribution in [0.15, 0.2) is 41.0 Å². The Morgan fingerprint density at radius 3 is 2.72 bits per heavy atom. The summed E-state index contributed by atoms with van der Waals surface area (Å²) in [5.41, 5.74) is 2.15. The molecule has 2 aromatic rings. The number of benzene rings is 1. The Bertz CT molecular complexity index is 819. The van der Waals surface area contributed by atoms with Gasteiger partial charge in [-0.25, -0.2) is 0 Å². The second-order valence-corrected chi connectivity index (χ2v) is 7.95. The lowest BCUT2D eigenvalue weighted by Crippen LogP contribution is -2.33. The number of hydrogen-bond acceptors (Lipinski definition) is 3. The fraction of sp³-hybridized carbons (Fsp3) is 0.429. The second-order valence-electron chi connectivity index (χ2n) is 7.95. The minimum atomic E-state index is -0.0836. The quantitative estimate of drug-likeness (QED) is 0.815. The lowest BCUT2D eigenvalue weighted by Gasteiger charge is -2.25. The minimum absolute atomic E-state index is 0.0351. The molecule has 25 heavy (non-hydrogen) atoms. The third-order valence-corrected chi connectivity index (χ3v) is 5.35. The van der Waals surface area contributed by atoms with Gasteiger partial charge in [-0.3, -0.25) is 9.59 Å². The smallest absolute Gasteiger partial charge is 0.258 e. The third-order valence-electron chi connectivity index (χ3n) is 5.35. The van der Waals surface area contributed by atoms with Crippen molar-refractivity contribution in [1.82, 2.24) is 4.90 Å². The zero-order valence-corrected chi connectivity index (χ0v) is 14.7. The molecular formula is C21H23NO3. The molecule has 0 bridgehead atoms. The largest absolute Gasteiger partial charge is 0.468 e. The van der Waals surface area contributed by atoms with Gasteiger partial charge >= 0.3 is 0 Å². The molecule has 2 heterocycles. The average Bonchev–Trinajstić information content (AvgIpc) is 3.17. The fourth-order valence-electron chi connectivity index (χ4n) is 4.19. The monoisotopic (exact) mass is 337 g/mol. The number of nitrogens with zero attached hydrogens (tertiary/aromatic N) is 1. The van der Waals surface area contributed by atoms with Crippen LogP contribution in [0.3, 0.4) is 0 Å². The number of carbonyl (C=O) groups excluding carboxylic acids is 2. The molecule has 1 fully saturated rings. The van der Waals surface area contributed by atoms with Crippen molar-refractivity contribution in [1.29, 1.82) is 0 Å². The second kappa shape index (κ2) is 5.87. The van der Waals surface area contributed by atoms with Crippen LogP contribution in [0, 0.1) is 5.41 Å². The zero-order valence-electron chi connectivity index (χ0n) is 14.7. The van der Waals surface area contributed by atoms with Gasteiger partial charge in [0.25, 0.3) is 5.91 Å². The number of ketones is 1. The van der Waals surface area contributed by atoms with E-state index >= 15 is 0 Å². The molecule has 130 valence electrons. The predicted octanol–water partition coefficient (Wildman–Crippen LogP) is 4.41. The maximum Gasteiger partial charge on any atom is 0.258 e. The fourth-order valence-corrected chi connectivity index (χ4v) is 4.19. The lowest BCUT2D eigenvalue weighted by molar-refractivity contribution is 0.0719. The molecule has 0 spiro atoms. The summed E-state index contributed by atoms with van der Waals surface area (Å²) < 4.78 is 5.56. The van der Waals surface area contributed by atoms with Gasteiger partial charge in [0.05, 0.1) is 17.2 Å². The normalized spacial score (nSPS) is 22.1. The molecule has 0 saturated carbocycles. The summed E-state index contributed by atoms with van der Waals surface area (Å²) in [6, 6.07) is 10.2. The number of furan rings is 1. The average molecular weight is 337 g/mol. The molecule has 4 heteroatoms. The number of Topliss-reactive ketones (excluding diaryl/α,β-unsaturated/α-hetero) is 1. The van der Waals surface area contributed by atoms with Crippen LogP contribution >= 0.6 is 0 Å². The first-order chi connectivity index (χ1) is 12.0. The number of aryl methyl sites for hydroxylation is 1. The summed E-state index contributed by atoms with van der Waals surface area (Å²) in [7, 11) is 0. The molecule has 1 amide bonds. The van der Waals surface area contributed by atoms with E-state index in [2.05, 4.69) is 26.0 Å². The number of rotatable bonds is 2. The number of likely N-dealkylation sites (tertiary alicyclic amines) is 1. The number of hydrogen-bond donors (Lipinski definition) is 0. The van der Waals surface area contributed by atoms with Crippen LogP contribution in [0.25, 0.3) is 0 Å². The van der Waals surface area contributed by atoms with Crippen molar-refractivity contribution in [3.05, 3.63) is 59.0 Å². The summed E-state index contributed by atoms with van der Waals surface area (Å²) in [6.07, 6.45) is 4.44. The van der Waals surface area contributed by atoms with E-state index in [0.29, 0.717) is 29.9 Å². The van der Waals surface area contributed by atoms with Gasteiger partial charge in [-0.2, -0.15) is 0 Å². The van der Waals surface area contributed by atoms with Crippen LogP contribution in [-0.2, 0) is 6.42 Å². The van der Waals surface area contributed by atoms with Gasteiger partial charge in [0, 0.05) is 19.4 Å². The van der Waals surface area contributed by atoms with Gasteiger partial charge in [0.1, 0.15) is 12.0 Å². The topological polar surface area (TPSA) is 50.5 Å². The SMILES string of the molecule is CC1(C)CC(c2ccccc2)N(C(=O)c2coc3c2C(=O)CCC3)C1. The van der Waals surface area contributed by atoms with Crippen molar-refractivity contribution in [2.45, 2.75) is 45.6 Å². The van der Waals surface area contributed by atoms with Crippen molar-refractivity contribution in [3.8, 4) is 0 Å². The van der Waals surface area contributed by atoms with Crippen LogP contribution in [0.5, 0.6) is 0 Å². The molecule has 2 aliphatic rings. The van der Waals surface area contributed by atoms with Gasteiger partial charge in [0.15, 0.2) is 5.78 Å². The van der Waals surface area contributed by atoms with Crippen LogP contribution in [0.1, 0.15) is 71.2 Å². The predicted molar refractivity (Wildman–Crippen MR) is 94.6 cm³/mol. The standard InChI is InChI=1S/C21H23NO3/c1-21(2)11-16(14-7-4-3-5-8-14)22(13-21)20(24)15-12-25-18-10-6-9-17(23)19(15)18/h3-5,7-8,12,16H,6,9-11,13H2,1-2H3. The Morgan fingerprint density at radius 2 is 1.96 bits per heavy atom. The van der Waals surface area contributed by atoms with E-state index in [4.69, 9.17) is 4.42 Å². The van der Waals surface area contributed by atoms with Crippen LogP contribution in [0.4, 0.5) is 0 Å². The number of carbonyl (C=O) groups is 2. The van der Waals surface area contributed by atoms with Crippen molar-refractivity contribution in [2.75, 3.05) is 6.54 Å². The van der Waals surface area contributed by atoms with Crippen LogP contribution < -0.4 is 0 Å². The molecule has 1 aromatic heterocycles. The van der Waals surface area contributed by atoms with Crippen molar-refractivity contribution < 1.29 is 14.0 Å². The van der Waals surface area contributed by atoms with E-state index in [0.717, 1.165) is 24.8 Å². The Labute approximate surface area is 147 Å². The first-order valence-corrected chi connectivity index (χ1v) is 8.96. The van der Waals surface area contributed by atoms with Crippen molar-refractivity contribution in [3.63, 3.8) is 0 Å². The minimum Gasteiger partial charge on any atom is -0.468 e. The summed E-state index contributed by atoms with van der Waals surface area (Å²) in [6.45, 7) is 5.05. The highest BCUT2D eigenvalue weighted by molar-refractivity contribution is 6.09. The highest BCUT2D eigenvalue weighted by Crippen LogP contribution is 2.43. The van der Waals surface area contributed by atoms with Gasteiger partial charge in [-0.15, -0.1) is 0 Å². The molecule has 0 radical (unpaired) electrons. The van der Waals surface area contributed by atoms with E-state index in [-0.39, 0.29) is 23.1 Å². The summed E-state index contributed by atoms with van der Waals surface area (Å²) in [5.74, 6) is 0.627. The first-order valence-electron chi connectivity index (χ1n) is 8.96. The van der Waals surface area contributed by atoms with Crippen LogP contribution in [0.2, 0.25) is 0 Å². The van der Waals surface area contributed by atoms with E-state index in [9.17, 15) is 9.59 Å². The Morgan fingerprint density at radius 1 is 1.20 bits per heavy atom. The van der Waals surface area contributed by atoms with Crippen LogP contribution in [-0.4, -0.2) is 23.1 Å². The Balaban J connectivity index is 1.71. The maximum absolute atomic E-state index is 13.3. The third kappa shape index (κ3) is 2.80. The molecule has 1 unspecified atom stereocenters. The van der Waals surface area contributed by atoms with Crippen molar-refractivity contribution in [2.24, 2.45) is 5.41 Å². The molecular weight excluding hydrogens is 314 g/mol. The lowest BCUT2D eigenvalue weighted by atomic mass is 9.89. The summed E-state index contributed by atoms with van der Waals surface area (Å²) >= 11 is 0. The molecule has 1 aromatic carbocycles. The summed E-state index contributed by atoms with van der Waals surface area (Å²) in [4.78, 5) is 27.6. The zero-order chi connectivity index (χ0) is 17.6. The molecule has 1 saturated heterocycles. The highest BCUT2D eigenvalue weighted by Gasteiger charge is 2.42. The molecule has 4 rings (SSSR count). The first kappa shape index (κ1) is 16.1. The molecule has 1 atom stereocenters. The van der Waals surface area contributed by atoms with Crippen molar-refractivity contribution >= 4 is 11.7 Å². The van der Waals surface area contributed by atoms with Gasteiger partial charge in [-0.1, -0.05) is 44.2 Å². The number of fused-ring (bicyclic) bond motifs is 1. The molecule has 1 aliphatic heterocycles. The summed E-state index contributed by atoms with van der Waals surface area (Å²) in [5, 5.41) is 0. The van der Waals surface area contributed by atoms with E-state index in [1.54, 1.807) is 0 Å². The number of amides is 1. The molecule has 4 nitrogen and oxygen atoms in total. The maximum atomic E-state index is 13.3. The van der Waals surface area contributed by atoms with E-state index in [1.807, 2.05) is 23.1 Å². The van der Waals surface area contributed by atoms with Gasteiger partial charge in [0.2, 0.25) is 0 Å². The Kier molecular flexibility index (Phi) is 3.78. The molecule has 1 aliphatic carbocycles. The van der Waals surface area contributed by atoms with Gasteiger partial charge in [-0.05, 0) is 23.8 Å². The van der Waals surface area contributed by atoms with E-state index in [1.165, 1.54) is 6.26 Å². The highest BCUT2D eigenvalue weighted by atomic mass is 16.3. The molecule has 0 N–H and O–H groups in total. The Hall–Kier alpha value is -2.36.